The van der Waals surface area contributed by atoms with Gasteiger partial charge in [0.2, 0.25) is 0 Å². The van der Waals surface area contributed by atoms with Crippen LogP contribution in [0.25, 0.3) is 0 Å². The number of aliphatic hydroxyl groups is 1. The standard InChI is InChI=1S/C16H20O5/c17-15(18)14-8-11-4-5-12(9-13(11)21-14)20-10-16(19)6-2-1-3-7-16/h4-5,9,14,19H,1-3,6-8,10H2,(H,17,18). The molecule has 1 fully saturated rings. The summed E-state index contributed by atoms with van der Waals surface area (Å²) >= 11 is 0. The van der Waals surface area contributed by atoms with Gasteiger partial charge in [0.15, 0.2) is 6.10 Å². The Kier molecular flexibility index (Phi) is 3.76. The quantitative estimate of drug-likeness (QED) is 0.889. The minimum Gasteiger partial charge on any atom is -0.490 e. The Morgan fingerprint density at radius 3 is 2.81 bits per heavy atom. The van der Waals surface area contributed by atoms with Crippen LogP contribution in [-0.2, 0) is 11.2 Å². The van der Waals surface area contributed by atoms with Gasteiger partial charge in [0.25, 0.3) is 0 Å². The molecule has 2 N–H and O–H groups in total. The predicted octanol–water partition coefficient (Wildman–Crippen LogP) is 2.15. The Hall–Kier alpha value is -1.75. The van der Waals surface area contributed by atoms with Crippen molar-refractivity contribution in [2.75, 3.05) is 6.61 Å². The molecule has 1 aromatic rings. The van der Waals surface area contributed by atoms with Gasteiger partial charge in [-0.1, -0.05) is 25.3 Å². The molecule has 1 saturated carbocycles. The van der Waals surface area contributed by atoms with Crippen LogP contribution in [0.1, 0.15) is 37.7 Å². The molecule has 1 aromatic carbocycles. The third-order valence-electron chi connectivity index (χ3n) is 4.28. The first-order valence-corrected chi connectivity index (χ1v) is 7.43. The van der Waals surface area contributed by atoms with Crippen molar-refractivity contribution in [3.05, 3.63) is 23.8 Å². The number of hydrogen-bond donors (Lipinski definition) is 2. The van der Waals surface area contributed by atoms with Gasteiger partial charge in [0.1, 0.15) is 18.1 Å². The summed E-state index contributed by atoms with van der Waals surface area (Å²) in [5, 5.41) is 19.4. The fourth-order valence-corrected chi connectivity index (χ4v) is 3.01. The van der Waals surface area contributed by atoms with E-state index < -0.39 is 17.7 Å². The minimum atomic E-state index is -0.954. The highest BCUT2D eigenvalue weighted by Crippen LogP contribution is 2.34. The largest absolute Gasteiger partial charge is 0.490 e. The lowest BCUT2D eigenvalue weighted by atomic mass is 9.85. The third kappa shape index (κ3) is 3.13. The highest BCUT2D eigenvalue weighted by molar-refractivity contribution is 5.74. The van der Waals surface area contributed by atoms with E-state index in [1.807, 2.05) is 6.07 Å². The summed E-state index contributed by atoms with van der Waals surface area (Å²) < 4.78 is 11.1. The number of aliphatic carboxylic acids is 1. The van der Waals surface area contributed by atoms with Crippen molar-refractivity contribution < 1.29 is 24.5 Å². The number of carboxylic acid groups (broad SMARTS) is 1. The van der Waals surface area contributed by atoms with Gasteiger partial charge in [0, 0.05) is 12.5 Å². The van der Waals surface area contributed by atoms with Crippen LogP contribution in [0.5, 0.6) is 11.5 Å². The zero-order valence-corrected chi connectivity index (χ0v) is 11.9. The molecule has 1 unspecified atom stereocenters. The maximum absolute atomic E-state index is 10.9. The molecule has 2 aliphatic rings. The molecular weight excluding hydrogens is 272 g/mol. The van der Waals surface area contributed by atoms with Crippen molar-refractivity contribution in [2.24, 2.45) is 0 Å². The number of rotatable bonds is 4. The van der Waals surface area contributed by atoms with E-state index in [-0.39, 0.29) is 6.61 Å². The second kappa shape index (κ2) is 5.56. The Bertz CT molecular complexity index is 533. The number of carbonyl (C=O) groups is 1. The monoisotopic (exact) mass is 292 g/mol. The van der Waals surface area contributed by atoms with Crippen LogP contribution in [-0.4, -0.2) is 34.5 Å². The number of ether oxygens (including phenoxy) is 2. The number of benzene rings is 1. The first kappa shape index (κ1) is 14.2. The van der Waals surface area contributed by atoms with Crippen molar-refractivity contribution >= 4 is 5.97 Å². The maximum Gasteiger partial charge on any atom is 0.345 e. The maximum atomic E-state index is 10.9. The molecule has 1 aliphatic heterocycles. The lowest BCUT2D eigenvalue weighted by molar-refractivity contribution is -0.144. The molecule has 0 spiro atoms. The molecule has 0 radical (unpaired) electrons. The van der Waals surface area contributed by atoms with Crippen molar-refractivity contribution in [1.29, 1.82) is 0 Å². The molecule has 5 nitrogen and oxygen atoms in total. The number of hydrogen-bond acceptors (Lipinski definition) is 4. The molecule has 5 heteroatoms. The third-order valence-corrected chi connectivity index (χ3v) is 4.28. The van der Waals surface area contributed by atoms with E-state index in [1.54, 1.807) is 12.1 Å². The van der Waals surface area contributed by atoms with Gasteiger partial charge in [-0.15, -0.1) is 0 Å². The highest BCUT2D eigenvalue weighted by atomic mass is 16.5. The molecule has 1 aliphatic carbocycles. The summed E-state index contributed by atoms with van der Waals surface area (Å²) in [6.45, 7) is 0.272. The van der Waals surface area contributed by atoms with Gasteiger partial charge >= 0.3 is 5.97 Å². The van der Waals surface area contributed by atoms with Gasteiger partial charge in [-0.25, -0.2) is 4.79 Å². The summed E-state index contributed by atoms with van der Waals surface area (Å²) in [6.07, 6.45) is 4.37. The van der Waals surface area contributed by atoms with E-state index in [9.17, 15) is 9.90 Å². The van der Waals surface area contributed by atoms with E-state index in [2.05, 4.69) is 0 Å². The highest BCUT2D eigenvalue weighted by Gasteiger charge is 2.31. The van der Waals surface area contributed by atoms with Crippen LogP contribution in [0, 0.1) is 0 Å². The summed E-state index contributed by atoms with van der Waals surface area (Å²) in [6, 6.07) is 5.35. The molecule has 21 heavy (non-hydrogen) atoms. The van der Waals surface area contributed by atoms with E-state index in [1.165, 1.54) is 6.42 Å². The molecule has 1 heterocycles. The van der Waals surface area contributed by atoms with Gasteiger partial charge in [-0.05, 0) is 24.5 Å². The van der Waals surface area contributed by atoms with Gasteiger partial charge in [-0.3, -0.25) is 0 Å². The fourth-order valence-electron chi connectivity index (χ4n) is 3.01. The van der Waals surface area contributed by atoms with Gasteiger partial charge in [-0.2, -0.15) is 0 Å². The van der Waals surface area contributed by atoms with Crippen LogP contribution in [0.15, 0.2) is 18.2 Å². The van der Waals surface area contributed by atoms with E-state index in [0.717, 1.165) is 31.2 Å². The van der Waals surface area contributed by atoms with Crippen LogP contribution in [0.2, 0.25) is 0 Å². The second-order valence-electron chi connectivity index (χ2n) is 5.99. The average Bonchev–Trinajstić information content (AvgIpc) is 2.89. The normalized spacial score (nSPS) is 23.2. The Balaban J connectivity index is 1.63. The van der Waals surface area contributed by atoms with Crippen molar-refractivity contribution in [3.63, 3.8) is 0 Å². The summed E-state index contributed by atoms with van der Waals surface area (Å²) in [7, 11) is 0. The molecule has 0 bridgehead atoms. The smallest absolute Gasteiger partial charge is 0.345 e. The van der Waals surface area contributed by atoms with Gasteiger partial charge in [0.05, 0.1) is 5.60 Å². The molecule has 114 valence electrons. The van der Waals surface area contributed by atoms with Crippen molar-refractivity contribution in [1.82, 2.24) is 0 Å². The SMILES string of the molecule is O=C(O)C1Cc2ccc(OCC3(O)CCCCC3)cc2O1. The Morgan fingerprint density at radius 2 is 2.10 bits per heavy atom. The molecule has 0 saturated heterocycles. The summed E-state index contributed by atoms with van der Waals surface area (Å²) in [4.78, 5) is 10.9. The van der Waals surface area contributed by atoms with E-state index in [0.29, 0.717) is 17.9 Å². The first-order chi connectivity index (χ1) is 10.1. The zero-order chi connectivity index (χ0) is 14.9. The minimum absolute atomic E-state index is 0.272. The van der Waals surface area contributed by atoms with Crippen molar-refractivity contribution in [2.45, 2.75) is 50.2 Å². The van der Waals surface area contributed by atoms with Crippen LogP contribution >= 0.6 is 0 Å². The topological polar surface area (TPSA) is 76.0 Å². The Labute approximate surface area is 123 Å². The van der Waals surface area contributed by atoms with E-state index in [4.69, 9.17) is 14.6 Å². The second-order valence-corrected chi connectivity index (χ2v) is 5.99. The van der Waals surface area contributed by atoms with Crippen LogP contribution in [0.3, 0.4) is 0 Å². The number of fused-ring (bicyclic) bond motifs is 1. The predicted molar refractivity (Wildman–Crippen MR) is 75.7 cm³/mol. The lowest BCUT2D eigenvalue weighted by Gasteiger charge is -2.31. The molecule has 1 atom stereocenters. The molecule has 3 rings (SSSR count). The zero-order valence-electron chi connectivity index (χ0n) is 11.9. The molecular formula is C16H20O5. The fraction of sp³-hybridized carbons (Fsp3) is 0.562. The van der Waals surface area contributed by atoms with Crippen LogP contribution in [0.4, 0.5) is 0 Å². The summed E-state index contributed by atoms with van der Waals surface area (Å²) in [5.41, 5.74) is 0.146. The Morgan fingerprint density at radius 1 is 1.33 bits per heavy atom. The van der Waals surface area contributed by atoms with Gasteiger partial charge < -0.3 is 19.7 Å². The van der Waals surface area contributed by atoms with Crippen LogP contribution < -0.4 is 9.47 Å². The number of carboxylic acids is 1. The van der Waals surface area contributed by atoms with Crippen molar-refractivity contribution in [3.8, 4) is 11.5 Å². The van der Waals surface area contributed by atoms with E-state index >= 15 is 0 Å². The lowest BCUT2D eigenvalue weighted by Crippen LogP contribution is -2.37. The average molecular weight is 292 g/mol. The summed E-state index contributed by atoms with van der Waals surface area (Å²) in [5.74, 6) is 0.222. The molecule has 0 aromatic heterocycles. The molecule has 0 amide bonds. The first-order valence-electron chi connectivity index (χ1n) is 7.43.